The highest BCUT2D eigenvalue weighted by molar-refractivity contribution is 6.07. The van der Waals surface area contributed by atoms with Crippen LogP contribution in [0.1, 0.15) is 47.0 Å². The summed E-state index contributed by atoms with van der Waals surface area (Å²) >= 11 is 0. The molecule has 15 heteroatoms. The van der Waals surface area contributed by atoms with Gasteiger partial charge in [0.15, 0.2) is 0 Å². The van der Waals surface area contributed by atoms with E-state index in [4.69, 9.17) is 9.47 Å². The molecule has 1 aromatic heterocycles. The first-order valence-corrected chi connectivity index (χ1v) is 20.8. The van der Waals surface area contributed by atoms with Crippen LogP contribution in [-0.2, 0) is 19.1 Å². The number of ether oxygens (including phenoxy) is 2. The number of likely N-dealkylation sites (tertiary alicyclic amines) is 2. The summed E-state index contributed by atoms with van der Waals surface area (Å²) in [5.41, 5.74) is 4.60. The fraction of sp³-hybridized carbons (Fsp3) is 0.444. The molecule has 3 aliphatic heterocycles. The molecular weight excluding hydrogens is 765 g/mol. The van der Waals surface area contributed by atoms with E-state index in [0.29, 0.717) is 39.0 Å². The number of aromatic nitrogens is 2. The summed E-state index contributed by atoms with van der Waals surface area (Å²) in [4.78, 5) is 65.3. The Bertz CT molecular complexity index is 2470. The van der Waals surface area contributed by atoms with Gasteiger partial charge in [0.1, 0.15) is 17.7 Å². The number of carboxylic acid groups (broad SMARTS) is 1. The Morgan fingerprint density at radius 2 is 1.52 bits per heavy atom. The van der Waals surface area contributed by atoms with E-state index in [1.54, 1.807) is 18.3 Å². The van der Waals surface area contributed by atoms with E-state index >= 15 is 0 Å². The van der Waals surface area contributed by atoms with Crippen molar-refractivity contribution in [3.63, 3.8) is 0 Å². The monoisotopic (exact) mass is 818 g/mol. The lowest BCUT2D eigenvalue weighted by Gasteiger charge is -2.48. The lowest BCUT2D eigenvalue weighted by Crippen LogP contribution is -2.70. The Balaban J connectivity index is 1.22. The molecule has 4 heterocycles. The maximum atomic E-state index is 14.7. The number of hydrogen-bond acceptors (Lipinski definition) is 9. The van der Waals surface area contributed by atoms with Gasteiger partial charge in [0.05, 0.1) is 54.5 Å². The molecule has 316 valence electrons. The normalized spacial score (nSPS) is 22.2. The van der Waals surface area contributed by atoms with E-state index in [0.717, 1.165) is 55.1 Å². The number of anilines is 2. The van der Waals surface area contributed by atoms with Crippen LogP contribution in [-0.4, -0.2) is 113 Å². The van der Waals surface area contributed by atoms with Gasteiger partial charge in [-0.25, -0.2) is 14.6 Å². The van der Waals surface area contributed by atoms with Crippen molar-refractivity contribution in [2.75, 3.05) is 44.5 Å². The summed E-state index contributed by atoms with van der Waals surface area (Å²) in [5.74, 6) is -1.22. The van der Waals surface area contributed by atoms with Crippen LogP contribution in [0.15, 0.2) is 67.0 Å². The maximum absolute atomic E-state index is 14.7. The second-order valence-electron chi connectivity index (χ2n) is 17.1. The number of imidazole rings is 1. The number of amides is 4. The molecular formula is C45H54N8O7. The first kappa shape index (κ1) is 40.7. The average molecular weight is 819 g/mol. The van der Waals surface area contributed by atoms with Crippen LogP contribution in [0, 0.1) is 17.8 Å². The van der Waals surface area contributed by atoms with Crippen molar-refractivity contribution in [1.82, 2.24) is 30.4 Å². The number of carbonyl (C=O) groups is 4. The third-order valence-electron chi connectivity index (χ3n) is 12.7. The smallest absolute Gasteiger partial charge is 0.407 e. The average Bonchev–Trinajstić information content (AvgIpc) is 4.06. The minimum Gasteiger partial charge on any atom is -0.465 e. The van der Waals surface area contributed by atoms with Crippen molar-refractivity contribution in [3.8, 4) is 11.1 Å². The Morgan fingerprint density at radius 3 is 2.20 bits per heavy atom. The molecule has 0 spiro atoms. The number of alkyl carbamates (subject to hydrolysis) is 1. The van der Waals surface area contributed by atoms with Crippen molar-refractivity contribution >= 4 is 68.0 Å². The minimum atomic E-state index is -1.28. The number of H-pyrrole nitrogens is 1. The van der Waals surface area contributed by atoms with E-state index in [2.05, 4.69) is 79.8 Å². The van der Waals surface area contributed by atoms with E-state index < -0.39 is 42.0 Å². The predicted octanol–water partition coefficient (Wildman–Crippen LogP) is 6.60. The van der Waals surface area contributed by atoms with Crippen molar-refractivity contribution in [3.05, 3.63) is 67.0 Å². The third kappa shape index (κ3) is 7.18. The molecule has 4 aromatic carbocycles. The number of rotatable bonds is 11. The van der Waals surface area contributed by atoms with Crippen LogP contribution in [0.2, 0.25) is 0 Å². The molecule has 2 saturated heterocycles. The quantitative estimate of drug-likeness (QED) is 0.0848. The van der Waals surface area contributed by atoms with E-state index in [1.807, 2.05) is 44.7 Å². The lowest BCUT2D eigenvalue weighted by molar-refractivity contribution is -0.138. The number of fused-ring (bicyclic) bond motifs is 6. The highest BCUT2D eigenvalue weighted by Crippen LogP contribution is 2.49. The Hall–Kier alpha value is -6.09. The zero-order chi connectivity index (χ0) is 42.5. The van der Waals surface area contributed by atoms with Gasteiger partial charge in [-0.2, -0.15) is 0 Å². The van der Waals surface area contributed by atoms with Crippen LogP contribution in [0.25, 0.3) is 43.7 Å². The lowest BCUT2D eigenvalue weighted by atomic mass is 9.85. The number of aromatic amines is 1. The van der Waals surface area contributed by atoms with Gasteiger partial charge >= 0.3 is 12.2 Å². The van der Waals surface area contributed by atoms with Gasteiger partial charge < -0.3 is 50.6 Å². The zero-order valence-electron chi connectivity index (χ0n) is 34.9. The Labute approximate surface area is 348 Å². The predicted molar refractivity (Wildman–Crippen MR) is 231 cm³/mol. The molecule has 3 unspecified atom stereocenters. The molecule has 2 fully saturated rings. The first-order chi connectivity index (χ1) is 28.8. The van der Waals surface area contributed by atoms with Crippen LogP contribution in [0.5, 0.6) is 0 Å². The summed E-state index contributed by atoms with van der Waals surface area (Å²) < 4.78 is 10.6. The topological polar surface area (TPSA) is 190 Å². The van der Waals surface area contributed by atoms with Crippen LogP contribution in [0.3, 0.4) is 0 Å². The molecule has 5 aromatic rings. The van der Waals surface area contributed by atoms with Crippen molar-refractivity contribution in [2.24, 2.45) is 17.8 Å². The zero-order valence-corrected chi connectivity index (χ0v) is 34.9. The molecule has 6 N–H and O–H groups in total. The summed E-state index contributed by atoms with van der Waals surface area (Å²) in [6.07, 6.45) is 1.56. The van der Waals surface area contributed by atoms with Gasteiger partial charge in [0, 0.05) is 36.9 Å². The van der Waals surface area contributed by atoms with Gasteiger partial charge in [-0.05, 0) is 77.3 Å². The molecule has 0 radical (unpaired) electrons. The van der Waals surface area contributed by atoms with Crippen molar-refractivity contribution < 1.29 is 33.8 Å². The Kier molecular flexibility index (Phi) is 11.0. The van der Waals surface area contributed by atoms with Crippen molar-refractivity contribution in [2.45, 2.75) is 76.8 Å². The molecule has 4 amide bonds. The van der Waals surface area contributed by atoms with Gasteiger partial charge in [0.25, 0.3) is 0 Å². The van der Waals surface area contributed by atoms with Gasteiger partial charge in [-0.15, -0.1) is 0 Å². The van der Waals surface area contributed by atoms with Crippen LogP contribution < -0.4 is 21.3 Å². The van der Waals surface area contributed by atoms with Crippen LogP contribution >= 0.6 is 0 Å². The number of benzene rings is 4. The van der Waals surface area contributed by atoms with Gasteiger partial charge in [0.2, 0.25) is 11.8 Å². The van der Waals surface area contributed by atoms with E-state index in [-0.39, 0.29) is 29.6 Å². The molecule has 15 nitrogen and oxygen atoms in total. The number of carbonyl (C=O) groups excluding carboxylic acids is 3. The number of nitrogens with one attached hydrogen (secondary N) is 5. The van der Waals surface area contributed by atoms with Gasteiger partial charge in [-0.1, -0.05) is 64.1 Å². The maximum Gasteiger partial charge on any atom is 0.407 e. The standard InChI is InChI=1S/C45H54N8O7/c1-24(2)37(48-43(56)57)42(55)53-21-26(22-59-5)18-36(53)45(35-8-7-17-52(35)41(54)38(25(3)4)49-44(58)60-6)50-34-16-12-30-20-28(10-14-32(30)40(34)51-45)27-9-13-31-29(19-27)11-15-33-39(31)47-23-46-33/h9-16,19-20,23-26,35-38,48,50-51H,7-8,17-18,21-22H2,1-6H3,(H,46,47)(H,49,58)(H,56,57)/t26-,35-,36-,37?,38?,45?/m0/s1. The second kappa shape index (κ2) is 16.2. The highest BCUT2D eigenvalue weighted by Gasteiger charge is 2.59. The summed E-state index contributed by atoms with van der Waals surface area (Å²) in [6.45, 7) is 8.57. The minimum absolute atomic E-state index is 0.0638. The Morgan fingerprint density at radius 1 is 0.850 bits per heavy atom. The molecule has 0 aliphatic carbocycles. The summed E-state index contributed by atoms with van der Waals surface area (Å²) in [6, 6.07) is 18.2. The fourth-order valence-electron chi connectivity index (χ4n) is 9.84. The first-order valence-electron chi connectivity index (χ1n) is 20.8. The van der Waals surface area contributed by atoms with E-state index in [9.17, 15) is 24.3 Å². The second-order valence-corrected chi connectivity index (χ2v) is 17.1. The number of methoxy groups -OCH3 is 2. The fourth-order valence-corrected chi connectivity index (χ4v) is 9.84. The molecule has 6 atom stereocenters. The number of hydrogen-bond donors (Lipinski definition) is 6. The highest BCUT2D eigenvalue weighted by atomic mass is 16.5. The van der Waals surface area contributed by atoms with Gasteiger partial charge in [-0.3, -0.25) is 9.59 Å². The van der Waals surface area contributed by atoms with Crippen molar-refractivity contribution in [1.29, 1.82) is 0 Å². The summed E-state index contributed by atoms with van der Waals surface area (Å²) in [5, 5.41) is 27.0. The third-order valence-corrected chi connectivity index (χ3v) is 12.7. The SMILES string of the molecule is COC[C@H]1C[C@@H](C2([C@@H]3CCCN3C(=O)C(NC(=O)OC)C(C)C)Nc3ccc4cc(-c5ccc6c(ccc7[nH]cnc76)c5)ccc4c3N2)N(C(=O)C(NC(=O)O)C(C)C)C1. The largest absolute Gasteiger partial charge is 0.465 e. The molecule has 3 aliphatic rings. The molecule has 60 heavy (non-hydrogen) atoms. The van der Waals surface area contributed by atoms with E-state index in [1.165, 1.54) is 7.11 Å². The molecule has 8 rings (SSSR count). The molecule has 0 saturated carbocycles. The summed E-state index contributed by atoms with van der Waals surface area (Å²) in [7, 11) is 2.90. The van der Waals surface area contributed by atoms with Crippen LogP contribution in [0.4, 0.5) is 21.0 Å². The number of nitrogens with zero attached hydrogens (tertiary/aromatic N) is 3. The molecule has 0 bridgehead atoms.